The first-order chi connectivity index (χ1) is 12.6. The van der Waals surface area contributed by atoms with E-state index in [-0.39, 0.29) is 24.1 Å². The van der Waals surface area contributed by atoms with Crippen molar-refractivity contribution in [2.24, 2.45) is 0 Å². The standard InChI is InChI=1S/C17H20F2N4O3/c18-13-1-2-16(14(19)11-13)26-12-23-5-3-15(21-23)17(24)20-4-6-22-7-9-25-10-8-22/h1-3,5,11H,4,6-10,12H2,(H,20,24). The minimum atomic E-state index is -0.793. The molecule has 1 aliphatic heterocycles. The van der Waals surface area contributed by atoms with Crippen molar-refractivity contribution >= 4 is 5.91 Å². The third kappa shape index (κ3) is 4.99. The molecule has 0 saturated carbocycles. The van der Waals surface area contributed by atoms with E-state index >= 15 is 0 Å². The van der Waals surface area contributed by atoms with Gasteiger partial charge in [0.15, 0.2) is 18.3 Å². The lowest BCUT2D eigenvalue weighted by Crippen LogP contribution is -2.41. The smallest absolute Gasteiger partial charge is 0.271 e. The van der Waals surface area contributed by atoms with Gasteiger partial charge < -0.3 is 14.8 Å². The second-order valence-corrected chi connectivity index (χ2v) is 5.80. The molecular weight excluding hydrogens is 346 g/mol. The number of ether oxygens (including phenoxy) is 2. The van der Waals surface area contributed by atoms with E-state index in [0.717, 1.165) is 31.8 Å². The first kappa shape index (κ1) is 18.3. The zero-order valence-electron chi connectivity index (χ0n) is 14.2. The van der Waals surface area contributed by atoms with Crippen LogP contribution in [0.3, 0.4) is 0 Å². The molecule has 2 heterocycles. The van der Waals surface area contributed by atoms with Gasteiger partial charge in [-0.05, 0) is 18.2 Å². The van der Waals surface area contributed by atoms with E-state index in [1.165, 1.54) is 10.7 Å². The molecule has 0 bridgehead atoms. The quantitative estimate of drug-likeness (QED) is 0.799. The van der Waals surface area contributed by atoms with Crippen LogP contribution in [-0.2, 0) is 11.5 Å². The van der Waals surface area contributed by atoms with E-state index in [0.29, 0.717) is 19.8 Å². The Kier molecular flexibility index (Phi) is 6.13. The number of halogens is 2. The van der Waals surface area contributed by atoms with Crippen LogP contribution in [0.25, 0.3) is 0 Å². The van der Waals surface area contributed by atoms with Gasteiger partial charge in [-0.1, -0.05) is 0 Å². The molecule has 0 aliphatic carbocycles. The Balaban J connectivity index is 1.45. The minimum Gasteiger partial charge on any atom is -0.468 e. The van der Waals surface area contributed by atoms with Gasteiger partial charge in [0.2, 0.25) is 0 Å². The Labute approximate surface area is 149 Å². The highest BCUT2D eigenvalue weighted by molar-refractivity contribution is 5.92. The molecule has 0 radical (unpaired) electrons. The van der Waals surface area contributed by atoms with Crippen LogP contribution in [0.5, 0.6) is 5.75 Å². The van der Waals surface area contributed by atoms with Gasteiger partial charge in [-0.3, -0.25) is 9.69 Å². The van der Waals surface area contributed by atoms with Gasteiger partial charge in [-0.15, -0.1) is 0 Å². The van der Waals surface area contributed by atoms with Crippen molar-refractivity contribution < 1.29 is 23.0 Å². The Morgan fingerprint density at radius 3 is 2.85 bits per heavy atom. The maximum atomic E-state index is 13.5. The number of hydrogen-bond donors (Lipinski definition) is 1. The lowest BCUT2D eigenvalue weighted by atomic mass is 10.3. The topological polar surface area (TPSA) is 68.6 Å². The molecule has 1 aliphatic rings. The van der Waals surface area contributed by atoms with Gasteiger partial charge in [0.25, 0.3) is 5.91 Å². The number of benzene rings is 1. The third-order valence-corrected chi connectivity index (χ3v) is 3.94. The van der Waals surface area contributed by atoms with Crippen molar-refractivity contribution in [3.05, 3.63) is 47.8 Å². The van der Waals surface area contributed by atoms with E-state index in [2.05, 4.69) is 15.3 Å². The third-order valence-electron chi connectivity index (χ3n) is 3.94. The predicted molar refractivity (Wildman–Crippen MR) is 88.8 cm³/mol. The van der Waals surface area contributed by atoms with Crippen LogP contribution in [0.1, 0.15) is 10.5 Å². The highest BCUT2D eigenvalue weighted by Crippen LogP contribution is 2.17. The molecule has 7 nitrogen and oxygen atoms in total. The van der Waals surface area contributed by atoms with Crippen LogP contribution in [-0.4, -0.2) is 60.0 Å². The van der Waals surface area contributed by atoms with Gasteiger partial charge in [-0.25, -0.2) is 13.5 Å². The van der Waals surface area contributed by atoms with Crippen molar-refractivity contribution in [3.8, 4) is 5.75 Å². The molecule has 140 valence electrons. The number of aromatic nitrogens is 2. The van der Waals surface area contributed by atoms with Crippen LogP contribution in [0.4, 0.5) is 8.78 Å². The van der Waals surface area contributed by atoms with Crippen LogP contribution in [0.2, 0.25) is 0 Å². The average molecular weight is 366 g/mol. The minimum absolute atomic E-state index is 0.0848. The molecule has 1 saturated heterocycles. The van der Waals surface area contributed by atoms with E-state index in [4.69, 9.17) is 9.47 Å². The normalized spacial score (nSPS) is 15.0. The number of carbonyl (C=O) groups excluding carboxylic acids is 1. The monoisotopic (exact) mass is 366 g/mol. The summed E-state index contributed by atoms with van der Waals surface area (Å²) in [5.41, 5.74) is 0.246. The Bertz CT molecular complexity index is 747. The predicted octanol–water partition coefficient (Wildman–Crippen LogP) is 1.26. The molecule has 1 aromatic carbocycles. The summed E-state index contributed by atoms with van der Waals surface area (Å²) in [5.74, 6) is -1.84. The summed E-state index contributed by atoms with van der Waals surface area (Å²) in [4.78, 5) is 14.3. The van der Waals surface area contributed by atoms with Crippen molar-refractivity contribution in [1.82, 2.24) is 20.0 Å². The van der Waals surface area contributed by atoms with Crippen LogP contribution >= 0.6 is 0 Å². The summed E-state index contributed by atoms with van der Waals surface area (Å²) < 4.78 is 38.2. The Morgan fingerprint density at radius 2 is 2.08 bits per heavy atom. The lowest BCUT2D eigenvalue weighted by molar-refractivity contribution is 0.0383. The zero-order chi connectivity index (χ0) is 18.4. The fourth-order valence-electron chi connectivity index (χ4n) is 2.53. The SMILES string of the molecule is O=C(NCCN1CCOCC1)c1ccn(COc2ccc(F)cc2F)n1. The van der Waals surface area contributed by atoms with Gasteiger partial charge in [0, 0.05) is 38.4 Å². The van der Waals surface area contributed by atoms with Gasteiger partial charge in [0.05, 0.1) is 13.2 Å². The number of nitrogens with one attached hydrogen (secondary N) is 1. The number of carbonyl (C=O) groups is 1. The Morgan fingerprint density at radius 1 is 1.27 bits per heavy atom. The average Bonchev–Trinajstić information content (AvgIpc) is 3.11. The molecule has 0 spiro atoms. The van der Waals surface area contributed by atoms with Crippen LogP contribution in [0.15, 0.2) is 30.5 Å². The summed E-state index contributed by atoms with van der Waals surface area (Å²) in [6.45, 7) is 4.33. The molecule has 3 rings (SSSR count). The van der Waals surface area contributed by atoms with Crippen molar-refractivity contribution in [3.63, 3.8) is 0 Å². The van der Waals surface area contributed by atoms with Crippen LogP contribution in [0, 0.1) is 11.6 Å². The largest absolute Gasteiger partial charge is 0.468 e. The van der Waals surface area contributed by atoms with Gasteiger partial charge in [-0.2, -0.15) is 5.10 Å². The van der Waals surface area contributed by atoms with E-state index in [1.54, 1.807) is 12.3 Å². The number of morpholine rings is 1. The van der Waals surface area contributed by atoms with E-state index in [1.807, 2.05) is 0 Å². The summed E-state index contributed by atoms with van der Waals surface area (Å²) in [7, 11) is 0. The summed E-state index contributed by atoms with van der Waals surface area (Å²) in [6.07, 6.45) is 1.55. The maximum Gasteiger partial charge on any atom is 0.271 e. The molecule has 0 unspecified atom stereocenters. The molecule has 2 aromatic rings. The molecule has 1 aromatic heterocycles. The molecular formula is C17H20F2N4O3. The number of amides is 1. The van der Waals surface area contributed by atoms with Crippen molar-refractivity contribution in [1.29, 1.82) is 0 Å². The van der Waals surface area contributed by atoms with Crippen LogP contribution < -0.4 is 10.1 Å². The number of hydrogen-bond acceptors (Lipinski definition) is 5. The number of rotatable bonds is 7. The first-order valence-electron chi connectivity index (χ1n) is 8.31. The zero-order valence-corrected chi connectivity index (χ0v) is 14.2. The fraction of sp³-hybridized carbons (Fsp3) is 0.412. The van der Waals surface area contributed by atoms with E-state index in [9.17, 15) is 13.6 Å². The molecule has 1 fully saturated rings. The Hall–Kier alpha value is -2.52. The summed E-state index contributed by atoms with van der Waals surface area (Å²) in [5, 5.41) is 6.90. The molecule has 1 amide bonds. The number of nitrogens with zero attached hydrogens (tertiary/aromatic N) is 3. The van der Waals surface area contributed by atoms with Gasteiger partial charge >= 0.3 is 0 Å². The summed E-state index contributed by atoms with van der Waals surface area (Å²) >= 11 is 0. The van der Waals surface area contributed by atoms with Crippen molar-refractivity contribution in [2.75, 3.05) is 39.4 Å². The van der Waals surface area contributed by atoms with Crippen molar-refractivity contribution in [2.45, 2.75) is 6.73 Å². The highest BCUT2D eigenvalue weighted by Gasteiger charge is 2.13. The molecule has 9 heteroatoms. The maximum absolute atomic E-state index is 13.5. The lowest BCUT2D eigenvalue weighted by Gasteiger charge is -2.26. The molecule has 0 atom stereocenters. The molecule has 1 N–H and O–H groups in total. The van der Waals surface area contributed by atoms with Gasteiger partial charge in [0.1, 0.15) is 11.5 Å². The second-order valence-electron chi connectivity index (χ2n) is 5.80. The highest BCUT2D eigenvalue weighted by atomic mass is 19.1. The summed E-state index contributed by atoms with van der Waals surface area (Å²) in [6, 6.07) is 4.60. The van der Waals surface area contributed by atoms with E-state index < -0.39 is 11.6 Å². The molecule has 26 heavy (non-hydrogen) atoms. The first-order valence-corrected chi connectivity index (χ1v) is 8.31. The second kappa shape index (κ2) is 8.72. The fourth-order valence-corrected chi connectivity index (χ4v) is 2.53.